The minimum absolute atomic E-state index is 0.159. The Kier molecular flexibility index (Phi) is 5.52. The molecule has 0 radical (unpaired) electrons. The predicted octanol–water partition coefficient (Wildman–Crippen LogP) is 2.77. The van der Waals surface area contributed by atoms with Crippen molar-refractivity contribution in [1.29, 1.82) is 0 Å². The summed E-state index contributed by atoms with van der Waals surface area (Å²) < 4.78 is 7.24. The van der Waals surface area contributed by atoms with E-state index in [1.807, 2.05) is 49.7 Å². The number of thioether (sulfide) groups is 1. The molecule has 1 amide bonds. The summed E-state index contributed by atoms with van der Waals surface area (Å²) in [4.78, 5) is 12.3. The van der Waals surface area contributed by atoms with Crippen LogP contribution in [-0.4, -0.2) is 43.2 Å². The maximum atomic E-state index is 12.3. The van der Waals surface area contributed by atoms with Crippen molar-refractivity contribution in [2.45, 2.75) is 24.3 Å². The molecule has 1 aromatic carbocycles. The molecule has 136 valence electrons. The molecule has 3 aromatic rings. The summed E-state index contributed by atoms with van der Waals surface area (Å²) in [6.07, 6.45) is 0. The van der Waals surface area contributed by atoms with E-state index < -0.39 is 0 Å². The Balaban J connectivity index is 1.74. The number of hydrogen-bond acceptors (Lipinski definition) is 8. The Morgan fingerprint density at radius 3 is 2.73 bits per heavy atom. The average Bonchev–Trinajstić information content (AvgIpc) is 3.20. The molecule has 0 aliphatic heterocycles. The molecule has 2 aromatic heterocycles. The summed E-state index contributed by atoms with van der Waals surface area (Å²) >= 11 is 2.66. The van der Waals surface area contributed by atoms with Crippen molar-refractivity contribution in [3.8, 4) is 17.1 Å². The number of aromatic nitrogens is 5. The van der Waals surface area contributed by atoms with E-state index in [-0.39, 0.29) is 11.2 Å². The predicted molar refractivity (Wildman–Crippen MR) is 102 cm³/mol. The fraction of sp³-hybridized carbons (Fsp3) is 0.312. The number of nitrogens with zero attached hydrogens (tertiary/aromatic N) is 5. The summed E-state index contributed by atoms with van der Waals surface area (Å²) in [6.45, 7) is 3.65. The van der Waals surface area contributed by atoms with Crippen molar-refractivity contribution >= 4 is 34.1 Å². The lowest BCUT2D eigenvalue weighted by Crippen LogP contribution is -2.22. The molecule has 1 atom stereocenters. The van der Waals surface area contributed by atoms with E-state index in [0.717, 1.165) is 16.3 Å². The molecular weight excluding hydrogens is 372 g/mol. The fourth-order valence-electron chi connectivity index (χ4n) is 2.25. The number of hydrogen-bond donors (Lipinski definition) is 1. The van der Waals surface area contributed by atoms with E-state index in [1.165, 1.54) is 23.1 Å². The highest BCUT2D eigenvalue weighted by atomic mass is 32.2. The highest BCUT2D eigenvalue weighted by molar-refractivity contribution is 8.00. The van der Waals surface area contributed by atoms with Gasteiger partial charge in [-0.2, -0.15) is 0 Å². The van der Waals surface area contributed by atoms with Crippen LogP contribution < -0.4 is 10.1 Å². The molecular formula is C16H18N6O2S2. The van der Waals surface area contributed by atoms with Gasteiger partial charge in [0.25, 0.3) is 0 Å². The molecule has 0 saturated carbocycles. The van der Waals surface area contributed by atoms with Crippen LogP contribution in [0.15, 0.2) is 29.4 Å². The van der Waals surface area contributed by atoms with Crippen LogP contribution in [0.2, 0.25) is 0 Å². The summed E-state index contributed by atoms with van der Waals surface area (Å²) in [5, 5.41) is 20.6. The number of carbonyl (C=O) groups is 1. The standard InChI is InChI=1S/C16H18N6O2S2/c1-9(14(23)17-15-20-18-10(2)26-15)25-16-21-19-13(22(16)3)11-7-5-6-8-12(11)24-4/h5-9H,1-4H3,(H,17,20,23)/t9-/m1/s1. The van der Waals surface area contributed by atoms with Gasteiger partial charge in [0.05, 0.1) is 17.9 Å². The monoisotopic (exact) mass is 390 g/mol. The van der Waals surface area contributed by atoms with E-state index in [2.05, 4.69) is 25.7 Å². The molecule has 0 aliphatic rings. The second kappa shape index (κ2) is 7.83. The summed E-state index contributed by atoms with van der Waals surface area (Å²) in [5.41, 5.74) is 0.846. The molecule has 26 heavy (non-hydrogen) atoms. The summed E-state index contributed by atoms with van der Waals surface area (Å²) in [5.74, 6) is 1.24. The number of ether oxygens (including phenoxy) is 1. The Labute approximate surface area is 159 Å². The quantitative estimate of drug-likeness (QED) is 0.647. The molecule has 0 aliphatic carbocycles. The Morgan fingerprint density at radius 2 is 2.04 bits per heavy atom. The van der Waals surface area contributed by atoms with Gasteiger partial charge in [-0.25, -0.2) is 0 Å². The van der Waals surface area contributed by atoms with Gasteiger partial charge in [0.1, 0.15) is 10.8 Å². The SMILES string of the molecule is COc1ccccc1-c1nnc(S[C@H](C)C(=O)Nc2nnc(C)s2)n1C. The second-order valence-corrected chi connectivity index (χ2v) is 7.93. The molecule has 1 N–H and O–H groups in total. The number of para-hydroxylation sites is 1. The van der Waals surface area contributed by atoms with Crippen LogP contribution >= 0.6 is 23.1 Å². The lowest BCUT2D eigenvalue weighted by atomic mass is 10.2. The maximum absolute atomic E-state index is 12.3. The van der Waals surface area contributed by atoms with Crippen LogP contribution in [0, 0.1) is 6.92 Å². The number of rotatable bonds is 6. The van der Waals surface area contributed by atoms with Gasteiger partial charge in [0.2, 0.25) is 11.0 Å². The van der Waals surface area contributed by atoms with Gasteiger partial charge in [-0.1, -0.05) is 35.2 Å². The highest BCUT2D eigenvalue weighted by Gasteiger charge is 2.21. The zero-order valence-corrected chi connectivity index (χ0v) is 16.4. The van der Waals surface area contributed by atoms with Gasteiger partial charge in [-0.3, -0.25) is 10.1 Å². The first-order chi connectivity index (χ1) is 12.5. The van der Waals surface area contributed by atoms with Crippen molar-refractivity contribution in [3.63, 3.8) is 0 Å². The van der Waals surface area contributed by atoms with E-state index in [4.69, 9.17) is 4.74 Å². The number of aryl methyl sites for hydroxylation is 1. The zero-order chi connectivity index (χ0) is 18.7. The van der Waals surface area contributed by atoms with Gasteiger partial charge in [0.15, 0.2) is 11.0 Å². The lowest BCUT2D eigenvalue weighted by molar-refractivity contribution is -0.115. The van der Waals surface area contributed by atoms with Gasteiger partial charge in [0, 0.05) is 7.05 Å². The first-order valence-electron chi connectivity index (χ1n) is 7.80. The fourth-order valence-corrected chi connectivity index (χ4v) is 3.66. The van der Waals surface area contributed by atoms with Crippen molar-refractivity contribution in [3.05, 3.63) is 29.3 Å². The van der Waals surface area contributed by atoms with Crippen molar-refractivity contribution in [2.24, 2.45) is 7.05 Å². The Morgan fingerprint density at radius 1 is 1.27 bits per heavy atom. The molecule has 0 saturated heterocycles. The van der Waals surface area contributed by atoms with Gasteiger partial charge >= 0.3 is 0 Å². The van der Waals surface area contributed by atoms with E-state index >= 15 is 0 Å². The van der Waals surface area contributed by atoms with Crippen LogP contribution in [0.4, 0.5) is 5.13 Å². The topological polar surface area (TPSA) is 94.8 Å². The van der Waals surface area contributed by atoms with Crippen molar-refractivity contribution in [1.82, 2.24) is 25.0 Å². The van der Waals surface area contributed by atoms with Gasteiger partial charge in [-0.05, 0) is 26.0 Å². The molecule has 0 unspecified atom stereocenters. The first kappa shape index (κ1) is 18.3. The molecule has 0 fully saturated rings. The summed E-state index contributed by atoms with van der Waals surface area (Å²) in [7, 11) is 3.48. The molecule has 0 bridgehead atoms. The van der Waals surface area contributed by atoms with Crippen molar-refractivity contribution in [2.75, 3.05) is 12.4 Å². The number of methoxy groups -OCH3 is 1. The van der Waals surface area contributed by atoms with Crippen molar-refractivity contribution < 1.29 is 9.53 Å². The number of benzene rings is 1. The van der Waals surface area contributed by atoms with E-state index in [1.54, 1.807) is 7.11 Å². The van der Waals surface area contributed by atoms with E-state index in [0.29, 0.717) is 16.1 Å². The number of carbonyl (C=O) groups excluding carboxylic acids is 1. The number of nitrogens with one attached hydrogen (secondary N) is 1. The average molecular weight is 390 g/mol. The minimum atomic E-state index is -0.368. The molecule has 8 nitrogen and oxygen atoms in total. The first-order valence-corrected chi connectivity index (χ1v) is 9.49. The highest BCUT2D eigenvalue weighted by Crippen LogP contribution is 2.31. The van der Waals surface area contributed by atoms with Gasteiger partial charge in [-0.15, -0.1) is 20.4 Å². The smallest absolute Gasteiger partial charge is 0.239 e. The summed E-state index contributed by atoms with van der Waals surface area (Å²) in [6, 6.07) is 7.61. The third-order valence-electron chi connectivity index (χ3n) is 3.59. The third kappa shape index (κ3) is 3.86. The van der Waals surface area contributed by atoms with E-state index in [9.17, 15) is 4.79 Å². The normalized spacial score (nSPS) is 12.0. The maximum Gasteiger partial charge on any atom is 0.239 e. The molecule has 2 heterocycles. The van der Waals surface area contributed by atoms with Crippen LogP contribution in [0.3, 0.4) is 0 Å². The Hall–Kier alpha value is -2.46. The lowest BCUT2D eigenvalue weighted by Gasteiger charge is -2.11. The number of amides is 1. The largest absolute Gasteiger partial charge is 0.496 e. The minimum Gasteiger partial charge on any atom is -0.496 e. The van der Waals surface area contributed by atoms with Gasteiger partial charge < -0.3 is 9.30 Å². The Bertz CT molecular complexity index is 923. The van der Waals surface area contributed by atoms with Crippen LogP contribution in [0.5, 0.6) is 5.75 Å². The molecule has 0 spiro atoms. The zero-order valence-electron chi connectivity index (χ0n) is 14.8. The third-order valence-corrected chi connectivity index (χ3v) is 5.48. The molecule has 3 rings (SSSR count). The molecule has 10 heteroatoms. The van der Waals surface area contributed by atoms with Crippen LogP contribution in [0.25, 0.3) is 11.4 Å². The van der Waals surface area contributed by atoms with Crippen LogP contribution in [0.1, 0.15) is 11.9 Å². The number of anilines is 1. The van der Waals surface area contributed by atoms with Crippen LogP contribution in [-0.2, 0) is 11.8 Å². The second-order valence-electron chi connectivity index (χ2n) is 5.44.